The Labute approximate surface area is 106 Å². The molecule has 1 nitrogen and oxygen atoms in total. The van der Waals surface area contributed by atoms with Crippen LogP contribution in [-0.4, -0.2) is 0 Å². The number of nitrogens with two attached hydrogens (primary N) is 1. The van der Waals surface area contributed by atoms with Crippen LogP contribution in [0.4, 0.5) is 13.2 Å². The molecule has 0 spiro atoms. The van der Waals surface area contributed by atoms with Crippen LogP contribution in [0.5, 0.6) is 0 Å². The summed E-state index contributed by atoms with van der Waals surface area (Å²) in [4.78, 5) is 0. The van der Waals surface area contributed by atoms with Crippen LogP contribution >= 0.6 is 15.9 Å². The van der Waals surface area contributed by atoms with E-state index in [2.05, 4.69) is 21.9 Å². The molecule has 1 aromatic rings. The molecule has 1 unspecified atom stereocenters. The lowest BCUT2D eigenvalue weighted by Gasteiger charge is -2.15. The van der Waals surface area contributed by atoms with Crippen molar-refractivity contribution in [1.82, 2.24) is 0 Å². The number of hydrogen-bond acceptors (Lipinski definition) is 1. The largest absolute Gasteiger partial charge is 0.417 e. The average molecular weight is 306 g/mol. The molecule has 0 aliphatic heterocycles. The van der Waals surface area contributed by atoms with Crippen molar-refractivity contribution in [2.24, 2.45) is 5.73 Å². The van der Waals surface area contributed by atoms with E-state index < -0.39 is 17.8 Å². The fourth-order valence-electron chi connectivity index (χ4n) is 1.40. The van der Waals surface area contributed by atoms with Gasteiger partial charge >= 0.3 is 6.18 Å². The molecule has 0 aromatic heterocycles. The van der Waals surface area contributed by atoms with E-state index in [1.54, 1.807) is 6.07 Å². The zero-order chi connectivity index (χ0) is 13.1. The molecule has 0 aliphatic rings. The molecule has 0 saturated carbocycles. The number of terminal acetylenes is 1. The van der Waals surface area contributed by atoms with Crippen molar-refractivity contribution in [3.63, 3.8) is 0 Å². The second-order valence-electron chi connectivity index (χ2n) is 3.59. The second-order valence-corrected chi connectivity index (χ2v) is 4.44. The molecule has 0 amide bonds. The Morgan fingerprint density at radius 1 is 1.41 bits per heavy atom. The average Bonchev–Trinajstić information content (AvgIpc) is 2.25. The monoisotopic (exact) mass is 305 g/mol. The summed E-state index contributed by atoms with van der Waals surface area (Å²) in [6, 6.07) is 3.51. The predicted octanol–water partition coefficient (Wildman–Crippen LogP) is 3.88. The highest BCUT2D eigenvalue weighted by molar-refractivity contribution is 9.10. The maximum Gasteiger partial charge on any atom is 0.417 e. The van der Waals surface area contributed by atoms with Crippen molar-refractivity contribution in [2.75, 3.05) is 0 Å². The molecule has 0 saturated heterocycles. The summed E-state index contributed by atoms with van der Waals surface area (Å²) >= 11 is 2.87. The highest BCUT2D eigenvalue weighted by Gasteiger charge is 2.33. The van der Waals surface area contributed by atoms with Gasteiger partial charge < -0.3 is 5.73 Å². The van der Waals surface area contributed by atoms with Crippen molar-refractivity contribution < 1.29 is 13.2 Å². The van der Waals surface area contributed by atoms with Crippen LogP contribution in [0, 0.1) is 12.3 Å². The van der Waals surface area contributed by atoms with E-state index in [4.69, 9.17) is 12.2 Å². The maximum absolute atomic E-state index is 12.6. The third-order valence-corrected chi connectivity index (χ3v) is 3.02. The SMILES string of the molecule is C#CCCC(N)c1ccc(Br)c(C(F)(F)F)c1. The molecule has 1 atom stereocenters. The third kappa shape index (κ3) is 3.76. The Bertz CT molecular complexity index is 434. The van der Waals surface area contributed by atoms with Gasteiger partial charge in [-0.3, -0.25) is 0 Å². The predicted molar refractivity (Wildman–Crippen MR) is 64.1 cm³/mol. The smallest absolute Gasteiger partial charge is 0.324 e. The van der Waals surface area contributed by atoms with E-state index in [0.717, 1.165) is 6.07 Å². The van der Waals surface area contributed by atoms with Gasteiger partial charge in [-0.1, -0.05) is 22.0 Å². The van der Waals surface area contributed by atoms with Crippen LogP contribution in [0.3, 0.4) is 0 Å². The minimum Gasteiger partial charge on any atom is -0.324 e. The summed E-state index contributed by atoms with van der Waals surface area (Å²) in [7, 11) is 0. The lowest BCUT2D eigenvalue weighted by molar-refractivity contribution is -0.138. The summed E-state index contributed by atoms with van der Waals surface area (Å²) in [6.45, 7) is 0. The summed E-state index contributed by atoms with van der Waals surface area (Å²) in [5, 5.41) is 0. The van der Waals surface area contributed by atoms with Gasteiger partial charge in [0.25, 0.3) is 0 Å². The lowest BCUT2D eigenvalue weighted by atomic mass is 10.0. The minimum atomic E-state index is -4.39. The van der Waals surface area contributed by atoms with Crippen LogP contribution < -0.4 is 5.73 Å². The Kier molecular flexibility index (Phi) is 4.61. The Balaban J connectivity index is 3.01. The summed E-state index contributed by atoms with van der Waals surface area (Å²) in [5.74, 6) is 2.41. The number of halogens is 4. The number of benzene rings is 1. The van der Waals surface area contributed by atoms with Gasteiger partial charge in [-0.15, -0.1) is 12.3 Å². The van der Waals surface area contributed by atoms with Gasteiger partial charge in [0.15, 0.2) is 0 Å². The highest BCUT2D eigenvalue weighted by atomic mass is 79.9. The molecule has 0 heterocycles. The first-order valence-corrected chi connectivity index (χ1v) is 5.71. The van der Waals surface area contributed by atoms with Crippen molar-refractivity contribution in [2.45, 2.75) is 25.1 Å². The molecule has 5 heteroatoms. The van der Waals surface area contributed by atoms with E-state index in [0.29, 0.717) is 18.4 Å². The van der Waals surface area contributed by atoms with Gasteiger partial charge in [0.2, 0.25) is 0 Å². The van der Waals surface area contributed by atoms with E-state index in [1.165, 1.54) is 6.07 Å². The Morgan fingerprint density at radius 3 is 2.59 bits per heavy atom. The Hall–Kier alpha value is -0.990. The van der Waals surface area contributed by atoms with Gasteiger partial charge in [0.05, 0.1) is 5.56 Å². The maximum atomic E-state index is 12.6. The fourth-order valence-corrected chi connectivity index (χ4v) is 1.87. The van der Waals surface area contributed by atoms with Gasteiger partial charge in [-0.25, -0.2) is 0 Å². The first-order chi connectivity index (χ1) is 7.86. The zero-order valence-electron chi connectivity index (χ0n) is 8.89. The number of alkyl halides is 3. The van der Waals surface area contributed by atoms with Crippen molar-refractivity contribution in [3.05, 3.63) is 33.8 Å². The first kappa shape index (κ1) is 14.1. The summed E-state index contributed by atoms with van der Waals surface area (Å²) < 4.78 is 37.9. The van der Waals surface area contributed by atoms with Crippen LogP contribution in [0.15, 0.2) is 22.7 Å². The Morgan fingerprint density at radius 2 is 2.06 bits per heavy atom. The van der Waals surface area contributed by atoms with Crippen LogP contribution in [0.25, 0.3) is 0 Å². The molecule has 17 heavy (non-hydrogen) atoms. The van der Waals surface area contributed by atoms with Crippen molar-refractivity contribution in [3.8, 4) is 12.3 Å². The van der Waals surface area contributed by atoms with Crippen molar-refractivity contribution >= 4 is 15.9 Å². The molecule has 1 rings (SSSR count). The molecule has 92 valence electrons. The second kappa shape index (κ2) is 5.56. The van der Waals surface area contributed by atoms with Crippen molar-refractivity contribution in [1.29, 1.82) is 0 Å². The minimum absolute atomic E-state index is 0.0119. The van der Waals surface area contributed by atoms with Gasteiger partial charge in [0.1, 0.15) is 0 Å². The van der Waals surface area contributed by atoms with Gasteiger partial charge in [-0.2, -0.15) is 13.2 Å². The molecular weight excluding hydrogens is 295 g/mol. The quantitative estimate of drug-likeness (QED) is 0.843. The van der Waals surface area contributed by atoms with Crippen LogP contribution in [0.1, 0.15) is 30.0 Å². The molecule has 2 N–H and O–H groups in total. The molecule has 0 fully saturated rings. The first-order valence-electron chi connectivity index (χ1n) is 4.92. The summed E-state index contributed by atoms with van der Waals surface area (Å²) in [6.07, 6.45) is 1.61. The van der Waals surface area contributed by atoms with E-state index in [9.17, 15) is 13.2 Å². The van der Waals surface area contributed by atoms with E-state index >= 15 is 0 Å². The molecule has 1 aromatic carbocycles. The van der Waals surface area contributed by atoms with Gasteiger partial charge in [-0.05, 0) is 24.1 Å². The van der Waals surface area contributed by atoms with Gasteiger partial charge in [0, 0.05) is 16.9 Å². The molecule has 0 radical (unpaired) electrons. The van der Waals surface area contributed by atoms with Crippen LogP contribution in [-0.2, 0) is 6.18 Å². The summed E-state index contributed by atoms with van der Waals surface area (Å²) in [5.41, 5.74) is 5.49. The number of rotatable bonds is 3. The number of hydrogen-bond donors (Lipinski definition) is 1. The molecule has 0 aliphatic carbocycles. The van der Waals surface area contributed by atoms with E-state index in [1.807, 2.05) is 0 Å². The normalized spacial score (nSPS) is 13.2. The highest BCUT2D eigenvalue weighted by Crippen LogP contribution is 2.36. The topological polar surface area (TPSA) is 26.0 Å². The lowest BCUT2D eigenvalue weighted by Crippen LogP contribution is -2.13. The molecular formula is C12H11BrF3N. The third-order valence-electron chi connectivity index (χ3n) is 2.32. The fraction of sp³-hybridized carbons (Fsp3) is 0.333. The van der Waals surface area contributed by atoms with E-state index in [-0.39, 0.29) is 4.47 Å². The van der Waals surface area contributed by atoms with Crippen LogP contribution in [0.2, 0.25) is 0 Å². The standard InChI is InChI=1S/C12H11BrF3N/c1-2-3-4-11(17)8-5-6-10(13)9(7-8)12(14,15)16/h1,5-7,11H,3-4,17H2. The molecule has 0 bridgehead atoms. The zero-order valence-corrected chi connectivity index (χ0v) is 10.5.